The maximum absolute atomic E-state index is 12.0. The second-order valence-electron chi connectivity index (χ2n) is 11.1. The number of nitrogens with one attached hydrogen (secondary N) is 5. The molecule has 2 heterocycles. The van der Waals surface area contributed by atoms with E-state index in [2.05, 4.69) is 58.7 Å². The molecular weight excluding hydrogens is 614 g/mol. The average molecular weight is 658 g/mol. The number of fused-ring (bicyclic) bond motifs is 3. The van der Waals surface area contributed by atoms with Gasteiger partial charge in [-0.25, -0.2) is 9.97 Å². The highest BCUT2D eigenvalue weighted by molar-refractivity contribution is 6.13. The molecule has 0 fully saturated rings. The molecular formula is C32H43N13O3. The van der Waals surface area contributed by atoms with Crippen LogP contribution in [0, 0.1) is 0 Å². The summed E-state index contributed by atoms with van der Waals surface area (Å²) in [6.45, 7) is 2.21. The van der Waals surface area contributed by atoms with E-state index in [1.165, 1.54) is 7.05 Å². The van der Waals surface area contributed by atoms with E-state index in [9.17, 15) is 14.4 Å². The summed E-state index contributed by atoms with van der Waals surface area (Å²) < 4.78 is 0. The lowest BCUT2D eigenvalue weighted by Crippen LogP contribution is -2.43. The van der Waals surface area contributed by atoms with Crippen LogP contribution in [0.5, 0.6) is 0 Å². The van der Waals surface area contributed by atoms with Crippen molar-refractivity contribution in [2.75, 3.05) is 65.2 Å². The zero-order chi connectivity index (χ0) is 34.3. The monoisotopic (exact) mass is 657 g/mol. The number of H-pyrrole nitrogens is 1. The van der Waals surface area contributed by atoms with E-state index < -0.39 is 11.8 Å². The molecule has 0 aliphatic carbocycles. The molecule has 254 valence electrons. The van der Waals surface area contributed by atoms with Gasteiger partial charge in [0.25, 0.3) is 0 Å². The van der Waals surface area contributed by atoms with Crippen molar-refractivity contribution in [1.82, 2.24) is 35.8 Å². The first-order chi connectivity index (χ1) is 23.3. The Morgan fingerprint density at radius 2 is 1.62 bits per heavy atom. The molecule has 48 heavy (non-hydrogen) atoms. The number of amidine groups is 1. The number of hydrogen-bond donors (Lipinski definition) is 7. The minimum Gasteiger partial charge on any atom is -0.382 e. The second-order valence-corrected chi connectivity index (χ2v) is 11.1. The van der Waals surface area contributed by atoms with E-state index in [-0.39, 0.29) is 31.4 Å². The van der Waals surface area contributed by atoms with E-state index in [0.29, 0.717) is 30.9 Å². The number of benzene rings is 2. The number of nitrogens with two attached hydrogens (primary N) is 2. The minimum atomic E-state index is -0.458. The smallest absolute Gasteiger partial charge is 0.239 e. The van der Waals surface area contributed by atoms with Crippen molar-refractivity contribution in [3.63, 3.8) is 0 Å². The first kappa shape index (κ1) is 35.4. The summed E-state index contributed by atoms with van der Waals surface area (Å²) in [6, 6.07) is 15.9. The molecule has 16 nitrogen and oxygen atoms in total. The molecule has 0 spiro atoms. The summed E-state index contributed by atoms with van der Waals surface area (Å²) in [5.41, 5.74) is 14.7. The maximum Gasteiger partial charge on any atom is 0.239 e. The molecule has 0 aliphatic rings. The lowest BCUT2D eigenvalue weighted by Gasteiger charge is -2.17. The molecule has 9 N–H and O–H groups in total. The first-order valence-electron chi connectivity index (χ1n) is 15.7. The largest absolute Gasteiger partial charge is 0.382 e. The molecule has 0 saturated carbocycles. The summed E-state index contributed by atoms with van der Waals surface area (Å²) in [4.78, 5) is 50.2. The molecule has 16 heteroatoms. The van der Waals surface area contributed by atoms with Gasteiger partial charge in [-0.05, 0) is 49.8 Å². The van der Waals surface area contributed by atoms with Gasteiger partial charge in [0, 0.05) is 36.0 Å². The Morgan fingerprint density at radius 1 is 0.917 bits per heavy atom. The summed E-state index contributed by atoms with van der Waals surface area (Å²) in [5.74, 6) is 0.525. The van der Waals surface area contributed by atoms with Crippen LogP contribution in [-0.2, 0) is 20.8 Å². The molecule has 2 aromatic carbocycles. The van der Waals surface area contributed by atoms with Gasteiger partial charge in [0.1, 0.15) is 17.3 Å². The van der Waals surface area contributed by atoms with Crippen LogP contribution in [0.2, 0.25) is 0 Å². The SMILES string of the molecule is CN=NN=C(N)c1ccc2c(c1)[nH]c1nc(Cc3ccccc3)nc(NCCCN(C)CCCNC(=O)CNC(=O)CNC(=O)CN)c12. The van der Waals surface area contributed by atoms with Gasteiger partial charge in [0.05, 0.1) is 32.1 Å². The van der Waals surface area contributed by atoms with Crippen molar-refractivity contribution in [2.45, 2.75) is 19.3 Å². The summed E-state index contributed by atoms with van der Waals surface area (Å²) in [5, 5.41) is 24.2. The van der Waals surface area contributed by atoms with Crippen molar-refractivity contribution < 1.29 is 14.4 Å². The Morgan fingerprint density at radius 3 is 2.35 bits per heavy atom. The molecule has 0 saturated heterocycles. The summed E-state index contributed by atoms with van der Waals surface area (Å²) in [6.07, 6.45) is 2.20. The zero-order valence-corrected chi connectivity index (χ0v) is 27.3. The number of hydrogen-bond acceptors (Lipinski definition) is 10. The molecule has 0 radical (unpaired) electrons. The van der Waals surface area contributed by atoms with Crippen LogP contribution in [0.4, 0.5) is 5.82 Å². The number of carbonyl (C=O) groups excluding carboxylic acids is 3. The minimum absolute atomic E-state index is 0.159. The second kappa shape index (κ2) is 18.0. The number of amides is 3. The predicted octanol–water partition coefficient (Wildman–Crippen LogP) is 0.835. The van der Waals surface area contributed by atoms with Gasteiger partial charge in [0.2, 0.25) is 17.7 Å². The van der Waals surface area contributed by atoms with Crippen molar-refractivity contribution in [3.05, 3.63) is 65.5 Å². The standard InChI is InChI=1S/C32H43N13O3/c1-35-44-43-30(34)22-10-11-23-24(17-22)40-32-29(23)31(41-25(42-32)16-21-8-4-3-5-9-21)37-13-7-15-45(2)14-6-12-36-27(47)19-39-28(48)20-38-26(46)18-33/h3-5,8-11,17H,6-7,12-16,18-20,33H2,1-2H3,(H,36,47)(H,38,46)(H,39,48)(H2,34,35,43)(H2,37,40,41,42). The van der Waals surface area contributed by atoms with Crippen LogP contribution < -0.4 is 32.7 Å². The van der Waals surface area contributed by atoms with E-state index in [1.807, 2.05) is 43.4 Å². The lowest BCUT2D eigenvalue weighted by atomic mass is 10.1. The van der Waals surface area contributed by atoms with Crippen LogP contribution in [0.15, 0.2) is 64.0 Å². The van der Waals surface area contributed by atoms with Crippen LogP contribution in [0.25, 0.3) is 21.9 Å². The molecule has 0 bridgehead atoms. The van der Waals surface area contributed by atoms with Crippen LogP contribution in [0.3, 0.4) is 0 Å². The number of anilines is 1. The van der Waals surface area contributed by atoms with E-state index in [0.717, 1.165) is 59.2 Å². The number of rotatable bonds is 18. The number of nitrogens with zero attached hydrogens (tertiary/aromatic N) is 6. The summed E-state index contributed by atoms with van der Waals surface area (Å²) in [7, 11) is 3.57. The Hall–Kier alpha value is -5.48. The molecule has 3 amide bonds. The van der Waals surface area contributed by atoms with Gasteiger partial charge in [-0.2, -0.15) is 5.11 Å². The maximum atomic E-state index is 12.0. The van der Waals surface area contributed by atoms with Gasteiger partial charge in [-0.1, -0.05) is 42.5 Å². The fraction of sp³-hybridized carbons (Fsp3) is 0.375. The van der Waals surface area contributed by atoms with Gasteiger partial charge >= 0.3 is 0 Å². The van der Waals surface area contributed by atoms with Crippen LogP contribution in [0.1, 0.15) is 29.8 Å². The highest BCUT2D eigenvalue weighted by Crippen LogP contribution is 2.30. The Labute approximate surface area is 278 Å². The molecule has 0 aliphatic heterocycles. The normalized spacial score (nSPS) is 11.8. The van der Waals surface area contributed by atoms with Crippen molar-refractivity contribution in [1.29, 1.82) is 0 Å². The van der Waals surface area contributed by atoms with Crippen LogP contribution in [-0.4, -0.2) is 103 Å². The van der Waals surface area contributed by atoms with E-state index in [1.54, 1.807) is 0 Å². The molecule has 2 aromatic heterocycles. The molecule has 0 atom stereocenters. The number of aromatic nitrogens is 3. The highest BCUT2D eigenvalue weighted by Gasteiger charge is 2.16. The third-order valence-corrected chi connectivity index (χ3v) is 7.37. The van der Waals surface area contributed by atoms with E-state index >= 15 is 0 Å². The fourth-order valence-electron chi connectivity index (χ4n) is 4.94. The number of aromatic amines is 1. The molecule has 4 aromatic rings. The molecule has 0 unspecified atom stereocenters. The van der Waals surface area contributed by atoms with Gasteiger partial charge in [-0.15, -0.1) is 5.10 Å². The van der Waals surface area contributed by atoms with Crippen molar-refractivity contribution in [2.24, 2.45) is 26.9 Å². The van der Waals surface area contributed by atoms with Crippen molar-refractivity contribution >= 4 is 51.3 Å². The predicted molar refractivity (Wildman–Crippen MR) is 185 cm³/mol. The topological polar surface area (TPSA) is 233 Å². The first-order valence-corrected chi connectivity index (χ1v) is 15.7. The molecule has 4 rings (SSSR count). The fourth-order valence-corrected chi connectivity index (χ4v) is 4.94. The third-order valence-electron chi connectivity index (χ3n) is 7.37. The van der Waals surface area contributed by atoms with Crippen LogP contribution >= 0.6 is 0 Å². The summed E-state index contributed by atoms with van der Waals surface area (Å²) >= 11 is 0. The highest BCUT2D eigenvalue weighted by atomic mass is 16.2. The lowest BCUT2D eigenvalue weighted by molar-refractivity contribution is -0.127. The van der Waals surface area contributed by atoms with Gasteiger partial charge in [-0.3, -0.25) is 14.4 Å². The Balaban J connectivity index is 1.31. The number of carbonyl (C=O) groups is 3. The van der Waals surface area contributed by atoms with Crippen molar-refractivity contribution in [3.8, 4) is 0 Å². The Bertz CT molecular complexity index is 1750. The van der Waals surface area contributed by atoms with Gasteiger partial charge < -0.3 is 42.6 Å². The van der Waals surface area contributed by atoms with Gasteiger partial charge in [0.15, 0.2) is 5.84 Å². The zero-order valence-electron chi connectivity index (χ0n) is 27.3. The Kier molecular flexibility index (Phi) is 13.3. The van der Waals surface area contributed by atoms with E-state index in [4.69, 9.17) is 21.4 Å². The quantitative estimate of drug-likeness (QED) is 0.0264. The average Bonchev–Trinajstić information content (AvgIpc) is 3.47. The third kappa shape index (κ3) is 10.5.